The lowest BCUT2D eigenvalue weighted by Crippen LogP contribution is -2.40. The van der Waals surface area contributed by atoms with Gasteiger partial charge in [0, 0.05) is 36.4 Å². The van der Waals surface area contributed by atoms with Crippen LogP contribution in [0.5, 0.6) is 0 Å². The molecular formula is C23H27N7O3S. The number of fused-ring (bicyclic) bond motifs is 4. The molecule has 1 aliphatic carbocycles. The molecule has 0 saturated heterocycles. The summed E-state index contributed by atoms with van der Waals surface area (Å²) in [5.41, 5.74) is 1.89. The number of hydrogen-bond donors (Lipinski definition) is 3. The molecule has 0 aliphatic heterocycles. The van der Waals surface area contributed by atoms with Crippen LogP contribution in [0.3, 0.4) is 0 Å². The predicted molar refractivity (Wildman–Crippen MR) is 132 cm³/mol. The third-order valence-electron chi connectivity index (χ3n) is 6.27. The number of hydrogen-bond acceptors (Lipinski definition) is 8. The van der Waals surface area contributed by atoms with Gasteiger partial charge < -0.3 is 19.9 Å². The predicted octanol–water partition coefficient (Wildman–Crippen LogP) is 2.99. The second kappa shape index (κ2) is 9.51. The highest BCUT2D eigenvalue weighted by molar-refractivity contribution is 7.19. The van der Waals surface area contributed by atoms with Crippen LogP contribution < -0.4 is 10.9 Å². The first-order valence-corrected chi connectivity index (χ1v) is 12.3. The molecule has 1 atom stereocenters. The highest BCUT2D eigenvalue weighted by Crippen LogP contribution is 2.40. The molecule has 178 valence electrons. The molecule has 5 rings (SSSR count). The molecule has 4 aromatic heterocycles. The van der Waals surface area contributed by atoms with Crippen molar-refractivity contribution in [2.45, 2.75) is 32.6 Å². The van der Waals surface area contributed by atoms with Crippen LogP contribution in [0.25, 0.3) is 21.3 Å². The molecule has 11 heteroatoms. The van der Waals surface area contributed by atoms with Gasteiger partial charge in [-0.05, 0) is 37.3 Å². The minimum Gasteiger partial charge on any atom is -0.383 e. The summed E-state index contributed by atoms with van der Waals surface area (Å²) >= 11 is 1.61. The first kappa shape index (κ1) is 22.5. The number of rotatable bonds is 8. The Balaban J connectivity index is 1.43. The number of pyridine rings is 1. The lowest BCUT2D eigenvalue weighted by molar-refractivity contribution is -0.136. The maximum absolute atomic E-state index is 13.2. The third kappa shape index (κ3) is 4.16. The molecule has 4 heterocycles. The molecule has 0 saturated carbocycles. The lowest BCUT2D eigenvalue weighted by Gasteiger charge is -2.29. The summed E-state index contributed by atoms with van der Waals surface area (Å²) in [4.78, 5) is 41.5. The fraction of sp³-hybridized carbons (Fsp3) is 0.435. The number of thiophene rings is 1. The van der Waals surface area contributed by atoms with Crippen molar-refractivity contribution < 1.29 is 9.53 Å². The van der Waals surface area contributed by atoms with Gasteiger partial charge in [0.1, 0.15) is 28.3 Å². The zero-order chi connectivity index (χ0) is 23.7. The van der Waals surface area contributed by atoms with Gasteiger partial charge in [-0.3, -0.25) is 14.7 Å². The van der Waals surface area contributed by atoms with E-state index in [0.717, 1.165) is 41.4 Å². The molecule has 1 amide bonds. The second-order valence-corrected chi connectivity index (χ2v) is 9.59. The molecule has 0 fully saturated rings. The van der Waals surface area contributed by atoms with Gasteiger partial charge in [-0.25, -0.2) is 9.97 Å². The van der Waals surface area contributed by atoms with E-state index in [2.05, 4.69) is 37.4 Å². The summed E-state index contributed by atoms with van der Waals surface area (Å²) in [5, 5.41) is 11.7. The van der Waals surface area contributed by atoms with Crippen LogP contribution >= 0.6 is 11.3 Å². The van der Waals surface area contributed by atoms with Gasteiger partial charge in [0.15, 0.2) is 0 Å². The Kier molecular flexibility index (Phi) is 6.29. The number of carbonyl (C=O) groups is 1. The number of anilines is 2. The van der Waals surface area contributed by atoms with E-state index in [1.807, 2.05) is 4.90 Å². The Morgan fingerprint density at radius 3 is 3.06 bits per heavy atom. The van der Waals surface area contributed by atoms with Gasteiger partial charge in [-0.2, -0.15) is 5.10 Å². The number of H-pyrrole nitrogens is 2. The van der Waals surface area contributed by atoms with Gasteiger partial charge in [0.25, 0.3) is 5.56 Å². The maximum atomic E-state index is 13.2. The van der Waals surface area contributed by atoms with Crippen molar-refractivity contribution in [2.24, 2.45) is 5.92 Å². The van der Waals surface area contributed by atoms with Crippen molar-refractivity contribution in [1.29, 1.82) is 0 Å². The van der Waals surface area contributed by atoms with Crippen LogP contribution in [0.2, 0.25) is 0 Å². The Labute approximate surface area is 199 Å². The van der Waals surface area contributed by atoms with Gasteiger partial charge in [-0.1, -0.05) is 6.92 Å². The van der Waals surface area contributed by atoms with Crippen molar-refractivity contribution in [3.05, 3.63) is 39.4 Å². The smallest absolute Gasteiger partial charge is 0.273 e. The van der Waals surface area contributed by atoms with Crippen LogP contribution in [0.1, 0.15) is 30.2 Å². The summed E-state index contributed by atoms with van der Waals surface area (Å²) in [7, 11) is 1.66. The Morgan fingerprint density at radius 2 is 2.24 bits per heavy atom. The molecule has 4 aromatic rings. The topological polar surface area (TPSA) is 129 Å². The molecule has 3 N–H and O–H groups in total. The van der Waals surface area contributed by atoms with E-state index in [-0.39, 0.29) is 17.4 Å². The maximum Gasteiger partial charge on any atom is 0.273 e. The zero-order valence-corrected chi connectivity index (χ0v) is 20.0. The summed E-state index contributed by atoms with van der Waals surface area (Å²) in [5.74, 6) is 0.763. The number of ether oxygens (including phenoxy) is 1. The zero-order valence-electron chi connectivity index (χ0n) is 19.2. The SMILES string of the molecule is CCCN(CCOC)C(=O)[C@H]1CCc2c(sc3ncnc(Nc4cc5cn[nH]c5[nH]c4=O)c23)C1. The Hall–Kier alpha value is -3.31. The fourth-order valence-electron chi connectivity index (χ4n) is 4.60. The number of aromatic nitrogens is 5. The van der Waals surface area contributed by atoms with E-state index in [0.29, 0.717) is 36.7 Å². The summed E-state index contributed by atoms with van der Waals surface area (Å²) < 4.78 is 5.20. The Morgan fingerprint density at radius 1 is 1.35 bits per heavy atom. The van der Waals surface area contributed by atoms with E-state index < -0.39 is 0 Å². The molecule has 0 aromatic carbocycles. The van der Waals surface area contributed by atoms with E-state index in [1.165, 1.54) is 16.8 Å². The minimum atomic E-state index is -0.259. The average molecular weight is 482 g/mol. The van der Waals surface area contributed by atoms with Gasteiger partial charge in [0.2, 0.25) is 5.91 Å². The highest BCUT2D eigenvalue weighted by atomic mass is 32.1. The quantitative estimate of drug-likeness (QED) is 0.353. The first-order valence-electron chi connectivity index (χ1n) is 11.5. The van der Waals surface area contributed by atoms with Crippen LogP contribution in [-0.2, 0) is 22.4 Å². The lowest BCUT2D eigenvalue weighted by atomic mass is 9.86. The standard InChI is InChI=1S/C23H27N7O3S/c1-3-6-30(7-8-33-2)23(32)13-4-5-15-17(10-13)34-22-18(15)20(24-12-25-22)27-16-9-14-11-26-29-19(14)28-21(16)31/h9,11-13H,3-8,10H2,1-2H3,(H,24,25,27)(H2,26,28,29,31)/t13-/m0/s1. The minimum absolute atomic E-state index is 0.0420. The number of methoxy groups -OCH3 is 1. The van der Waals surface area contributed by atoms with Gasteiger partial charge in [0.05, 0.1) is 18.2 Å². The summed E-state index contributed by atoms with van der Waals surface area (Å²) in [6.07, 6.45) is 6.33. The largest absolute Gasteiger partial charge is 0.383 e. The number of aryl methyl sites for hydroxylation is 1. The molecule has 0 bridgehead atoms. The summed E-state index contributed by atoms with van der Waals surface area (Å²) in [6.45, 7) is 3.99. The van der Waals surface area contributed by atoms with Crippen molar-refractivity contribution in [1.82, 2.24) is 30.0 Å². The second-order valence-electron chi connectivity index (χ2n) is 8.50. The molecular weight excluding hydrogens is 454 g/mol. The van der Waals surface area contributed by atoms with Crippen molar-refractivity contribution >= 4 is 50.0 Å². The number of carbonyl (C=O) groups excluding carboxylic acids is 1. The van der Waals surface area contributed by atoms with Crippen molar-refractivity contribution in [3.8, 4) is 0 Å². The molecule has 1 aliphatic rings. The van der Waals surface area contributed by atoms with Crippen molar-refractivity contribution in [3.63, 3.8) is 0 Å². The van der Waals surface area contributed by atoms with E-state index >= 15 is 0 Å². The van der Waals surface area contributed by atoms with Crippen LogP contribution in [0.15, 0.2) is 23.4 Å². The van der Waals surface area contributed by atoms with E-state index in [9.17, 15) is 9.59 Å². The normalized spacial score (nSPS) is 15.5. The van der Waals surface area contributed by atoms with Gasteiger partial charge >= 0.3 is 0 Å². The van der Waals surface area contributed by atoms with Crippen LogP contribution in [0.4, 0.5) is 11.5 Å². The number of amides is 1. The van der Waals surface area contributed by atoms with E-state index in [4.69, 9.17) is 4.74 Å². The number of nitrogens with zero attached hydrogens (tertiary/aromatic N) is 4. The van der Waals surface area contributed by atoms with Crippen molar-refractivity contribution in [2.75, 3.05) is 32.1 Å². The fourth-order valence-corrected chi connectivity index (χ4v) is 5.87. The summed E-state index contributed by atoms with van der Waals surface area (Å²) in [6, 6.07) is 1.75. The molecule has 0 radical (unpaired) electrons. The monoisotopic (exact) mass is 481 g/mol. The van der Waals surface area contributed by atoms with Crippen LogP contribution in [0, 0.1) is 5.92 Å². The van der Waals surface area contributed by atoms with Crippen LogP contribution in [-0.4, -0.2) is 62.8 Å². The third-order valence-corrected chi connectivity index (χ3v) is 7.43. The molecule has 0 unspecified atom stereocenters. The first-order chi connectivity index (χ1) is 16.6. The molecule has 10 nitrogen and oxygen atoms in total. The van der Waals surface area contributed by atoms with E-state index in [1.54, 1.807) is 30.7 Å². The molecule has 0 spiro atoms. The number of nitrogens with one attached hydrogen (secondary N) is 3. The molecule has 34 heavy (non-hydrogen) atoms. The number of aromatic amines is 2. The highest BCUT2D eigenvalue weighted by Gasteiger charge is 2.31. The average Bonchev–Trinajstić information content (AvgIpc) is 3.45. The Bertz CT molecular complexity index is 1390. The van der Waals surface area contributed by atoms with Gasteiger partial charge in [-0.15, -0.1) is 11.3 Å².